The minimum Gasteiger partial charge on any atom is -0.309 e. The lowest BCUT2D eigenvalue weighted by molar-refractivity contribution is 0.944. The normalized spacial score (nSPS) is 11.6. The van der Waals surface area contributed by atoms with E-state index in [1.807, 2.05) is 72.9 Å². The molecule has 4 aromatic heterocycles. The number of aromatic nitrogens is 6. The molecule has 0 aliphatic rings. The van der Waals surface area contributed by atoms with E-state index in [1.54, 1.807) is 0 Å². The Morgan fingerprint density at radius 3 is 1.78 bits per heavy atom. The molecule has 0 unspecified atom stereocenters. The van der Waals surface area contributed by atoms with Gasteiger partial charge in [-0.2, -0.15) is 9.97 Å². The van der Waals surface area contributed by atoms with Crippen LogP contribution >= 0.6 is 0 Å². The van der Waals surface area contributed by atoms with Crippen LogP contribution in [0.1, 0.15) is 0 Å². The molecular weight excluding hydrogens is 613 g/mol. The minimum absolute atomic E-state index is 0.521. The molecule has 50 heavy (non-hydrogen) atoms. The first-order valence-electron chi connectivity index (χ1n) is 16.7. The molecule has 6 nitrogen and oxygen atoms in total. The van der Waals surface area contributed by atoms with E-state index < -0.39 is 0 Å². The van der Waals surface area contributed by atoms with E-state index in [2.05, 4.69) is 106 Å². The Morgan fingerprint density at radius 1 is 0.400 bits per heavy atom. The first kappa shape index (κ1) is 28.1. The molecule has 6 aromatic carbocycles. The van der Waals surface area contributed by atoms with E-state index >= 15 is 0 Å². The van der Waals surface area contributed by atoms with E-state index in [4.69, 9.17) is 19.9 Å². The van der Waals surface area contributed by atoms with Gasteiger partial charge in [0.1, 0.15) is 5.65 Å². The van der Waals surface area contributed by atoms with Gasteiger partial charge in [0.15, 0.2) is 11.6 Å². The van der Waals surface area contributed by atoms with Crippen molar-refractivity contribution in [1.29, 1.82) is 0 Å². The second-order valence-corrected chi connectivity index (χ2v) is 12.3. The Balaban J connectivity index is 1.25. The molecule has 10 rings (SSSR count). The molecule has 0 amide bonds. The van der Waals surface area contributed by atoms with Gasteiger partial charge in [0.2, 0.25) is 5.95 Å². The summed E-state index contributed by atoms with van der Waals surface area (Å²) in [6.07, 6.45) is 1.83. The van der Waals surface area contributed by atoms with Crippen molar-refractivity contribution in [3.8, 4) is 45.5 Å². The zero-order chi connectivity index (χ0) is 33.0. The topological polar surface area (TPSA) is 61.4 Å². The van der Waals surface area contributed by atoms with Crippen molar-refractivity contribution in [3.05, 3.63) is 170 Å². The summed E-state index contributed by atoms with van der Waals surface area (Å²) in [5, 5.41) is 4.54. The molecule has 0 saturated carbocycles. The first-order valence-corrected chi connectivity index (χ1v) is 16.7. The molecule has 0 bridgehead atoms. The number of nitrogens with zero attached hydrogens (tertiary/aromatic N) is 6. The van der Waals surface area contributed by atoms with Gasteiger partial charge in [-0.05, 0) is 53.6 Å². The summed E-state index contributed by atoms with van der Waals surface area (Å²) in [5.41, 5.74) is 9.34. The highest BCUT2D eigenvalue weighted by atomic mass is 15.2. The van der Waals surface area contributed by atoms with Gasteiger partial charge in [-0.3, -0.25) is 4.57 Å². The highest BCUT2D eigenvalue weighted by molar-refractivity contribution is 6.17. The number of hydrogen-bond donors (Lipinski definition) is 0. The Labute approximate surface area is 287 Å². The predicted molar refractivity (Wildman–Crippen MR) is 203 cm³/mol. The third kappa shape index (κ3) is 4.43. The number of para-hydroxylation sites is 2. The van der Waals surface area contributed by atoms with Crippen molar-refractivity contribution in [1.82, 2.24) is 29.1 Å². The molecule has 0 N–H and O–H groups in total. The van der Waals surface area contributed by atoms with Gasteiger partial charge in [0, 0.05) is 44.6 Å². The minimum atomic E-state index is 0.521. The van der Waals surface area contributed by atoms with Gasteiger partial charge >= 0.3 is 0 Å². The lowest BCUT2D eigenvalue weighted by Gasteiger charge is -2.11. The molecule has 0 spiro atoms. The SMILES string of the molecule is c1ccc(-c2nc(-c3ccccc3)nc(-n3c4cc(-c5cccc6c5c5ccccc5n6-c5ccccc5)ccc4c4cccnc43)n2)cc1. The fourth-order valence-corrected chi connectivity index (χ4v) is 7.23. The van der Waals surface area contributed by atoms with E-state index in [0.29, 0.717) is 17.6 Å². The smallest absolute Gasteiger partial charge is 0.240 e. The molecule has 0 saturated heterocycles. The van der Waals surface area contributed by atoms with Crippen molar-refractivity contribution in [3.63, 3.8) is 0 Å². The highest BCUT2D eigenvalue weighted by Gasteiger charge is 2.21. The summed E-state index contributed by atoms with van der Waals surface area (Å²) in [6.45, 7) is 0. The van der Waals surface area contributed by atoms with Crippen LogP contribution < -0.4 is 0 Å². The summed E-state index contributed by atoms with van der Waals surface area (Å²) >= 11 is 0. The number of rotatable bonds is 5. The fraction of sp³-hybridized carbons (Fsp3) is 0. The Kier molecular flexibility index (Phi) is 6.39. The van der Waals surface area contributed by atoms with Crippen molar-refractivity contribution < 1.29 is 0 Å². The third-order valence-electron chi connectivity index (χ3n) is 9.44. The summed E-state index contributed by atoms with van der Waals surface area (Å²) in [5.74, 6) is 1.73. The molecule has 0 radical (unpaired) electrons. The standard InChI is InChI=1S/C44H28N6/c1-4-14-29(15-5-1)41-46-42(30-16-6-2-7-17-30)48-44(47-41)50-39-28-31(25-26-34(39)35-22-13-27-45-43(35)50)33-21-12-24-38-40(33)36-20-10-11-23-37(36)49(38)32-18-8-3-9-19-32/h1-28H. The Hall–Kier alpha value is -6.92. The third-order valence-corrected chi connectivity index (χ3v) is 9.44. The summed E-state index contributed by atoms with van der Waals surface area (Å²) in [6, 6.07) is 56.8. The number of benzene rings is 6. The lowest BCUT2D eigenvalue weighted by Crippen LogP contribution is -2.07. The number of fused-ring (bicyclic) bond motifs is 6. The van der Waals surface area contributed by atoms with Crippen molar-refractivity contribution >= 4 is 43.7 Å². The second-order valence-electron chi connectivity index (χ2n) is 12.3. The average Bonchev–Trinajstić information content (AvgIpc) is 3.71. The molecule has 6 heteroatoms. The zero-order valence-corrected chi connectivity index (χ0v) is 26.8. The number of hydrogen-bond acceptors (Lipinski definition) is 4. The van der Waals surface area contributed by atoms with Crippen LogP contribution in [0.3, 0.4) is 0 Å². The van der Waals surface area contributed by atoms with Gasteiger partial charge < -0.3 is 4.57 Å². The maximum Gasteiger partial charge on any atom is 0.240 e. The van der Waals surface area contributed by atoms with Crippen LogP contribution in [0, 0.1) is 0 Å². The van der Waals surface area contributed by atoms with Crippen LogP contribution in [0.15, 0.2) is 170 Å². The van der Waals surface area contributed by atoms with Gasteiger partial charge in [0.25, 0.3) is 0 Å². The molecule has 10 aromatic rings. The average molecular weight is 641 g/mol. The van der Waals surface area contributed by atoms with Crippen LogP contribution in [0.5, 0.6) is 0 Å². The molecule has 234 valence electrons. The molecule has 0 atom stereocenters. The van der Waals surface area contributed by atoms with Crippen LogP contribution in [-0.4, -0.2) is 29.1 Å². The van der Waals surface area contributed by atoms with Crippen molar-refractivity contribution in [2.75, 3.05) is 0 Å². The lowest BCUT2D eigenvalue weighted by atomic mass is 9.98. The number of pyridine rings is 1. The monoisotopic (exact) mass is 640 g/mol. The van der Waals surface area contributed by atoms with E-state index in [0.717, 1.165) is 55.4 Å². The van der Waals surface area contributed by atoms with Gasteiger partial charge in [-0.15, -0.1) is 0 Å². The molecular formula is C44H28N6. The van der Waals surface area contributed by atoms with Crippen LogP contribution in [-0.2, 0) is 0 Å². The van der Waals surface area contributed by atoms with Gasteiger partial charge in [-0.1, -0.05) is 121 Å². The van der Waals surface area contributed by atoms with E-state index in [9.17, 15) is 0 Å². The van der Waals surface area contributed by atoms with Crippen LogP contribution in [0.25, 0.3) is 89.3 Å². The maximum atomic E-state index is 5.10. The summed E-state index contributed by atoms with van der Waals surface area (Å²) in [7, 11) is 0. The fourth-order valence-electron chi connectivity index (χ4n) is 7.23. The van der Waals surface area contributed by atoms with Crippen molar-refractivity contribution in [2.45, 2.75) is 0 Å². The zero-order valence-electron chi connectivity index (χ0n) is 26.8. The predicted octanol–water partition coefficient (Wildman–Crippen LogP) is 10.5. The van der Waals surface area contributed by atoms with Gasteiger partial charge in [-0.25, -0.2) is 9.97 Å². The van der Waals surface area contributed by atoms with Crippen molar-refractivity contribution in [2.24, 2.45) is 0 Å². The Morgan fingerprint density at radius 2 is 1.04 bits per heavy atom. The molecule has 0 aliphatic carbocycles. The Bertz CT molecular complexity index is 2800. The summed E-state index contributed by atoms with van der Waals surface area (Å²) < 4.78 is 4.44. The largest absolute Gasteiger partial charge is 0.309 e. The highest BCUT2D eigenvalue weighted by Crippen LogP contribution is 2.40. The second kappa shape index (κ2) is 11.4. The van der Waals surface area contributed by atoms with Gasteiger partial charge in [0.05, 0.1) is 16.6 Å². The van der Waals surface area contributed by atoms with E-state index in [-0.39, 0.29) is 0 Å². The molecule has 4 heterocycles. The van der Waals surface area contributed by atoms with Crippen LogP contribution in [0.2, 0.25) is 0 Å². The quantitative estimate of drug-likeness (QED) is 0.188. The summed E-state index contributed by atoms with van der Waals surface area (Å²) in [4.78, 5) is 20.0. The van der Waals surface area contributed by atoms with E-state index in [1.165, 1.54) is 16.3 Å². The van der Waals surface area contributed by atoms with Crippen LogP contribution in [0.4, 0.5) is 0 Å². The molecule has 0 fully saturated rings. The maximum absolute atomic E-state index is 5.10. The first-order chi connectivity index (χ1) is 24.8. The molecule has 0 aliphatic heterocycles.